The Hall–Kier alpha value is -14.0. The maximum absolute atomic E-state index is 13.2. The number of esters is 2. The molecule has 2 amide bonds. The monoisotopic (exact) mass is 1910 g/mol. The predicted octanol–water partition coefficient (Wildman–Crippen LogP) is 14.1. The molecule has 1 aliphatic carbocycles. The lowest BCUT2D eigenvalue weighted by Crippen LogP contribution is -2.40. The molecule has 15 N–H and O–H groups in total. The van der Waals surface area contributed by atoms with E-state index in [1.165, 1.54) is 66.2 Å². The van der Waals surface area contributed by atoms with Crippen molar-refractivity contribution in [1.82, 2.24) is 66.1 Å². The number of carbonyl (C=O) groups is 11. The third kappa shape index (κ3) is 31.6. The van der Waals surface area contributed by atoms with Crippen molar-refractivity contribution in [2.45, 2.75) is 54.4 Å². The summed E-state index contributed by atoms with van der Waals surface area (Å²) < 4.78 is 19.7. The van der Waals surface area contributed by atoms with Crippen molar-refractivity contribution in [2.24, 2.45) is 0 Å². The number of ether oxygens (including phenoxy) is 4. The van der Waals surface area contributed by atoms with Crippen molar-refractivity contribution in [3.8, 4) is 33.8 Å². The molecule has 0 spiro atoms. The largest absolute Gasteiger partial charge is 0.478 e. The normalized spacial score (nSPS) is 12.6. The molecule has 133 heavy (non-hydrogen) atoms. The highest BCUT2D eigenvalue weighted by Crippen LogP contribution is 2.34. The number of nitrogens with one attached hydrogen (secondary N) is 1. The van der Waals surface area contributed by atoms with Gasteiger partial charge in [-0.2, -0.15) is 0 Å². The third-order valence-corrected chi connectivity index (χ3v) is 20.5. The van der Waals surface area contributed by atoms with Gasteiger partial charge >= 0.3 is 17.9 Å². The number of nitrogen functional groups attached to an aromatic ring is 4. The second kappa shape index (κ2) is 52.1. The second-order valence-corrected chi connectivity index (χ2v) is 30.7. The number of aromatic nitrogens is 9. The number of halogens is 5. The van der Waals surface area contributed by atoms with Gasteiger partial charge in [0, 0.05) is 169 Å². The standard InChI is InChI=1S/C22H20ClN3O3.C19H17ClN4O2.C15H10ClN3O2.C9H5ClO2.C7H6ClNO.2C7H8N2O.C4H9NO.C4H6O3.H3N.H2O/c1-14(27)11-16-6-5-15(13-24-16)20-12-18(22(28)26-7-9-29-10-8-26)17-3-2-4-19(23)21(17)25-20;20-15-3-1-2-13-14(19(25)24-6-8-26-9-7-24)10-16(23-18(13)15)12-4-5-17(21)22-11-12;16-11-3-1-2-9-10(15(20)21)6-12(19-14(9)11)8-4-5-13(17)18-7-8;10-7-3-1-2-5-6(7)4-8(11)9(5)12;3*1-5(10)6-2-3-7(8)9-4-6;1-3-6-4-2-5-1;1-3(5)7-4(2)6;;/h2-6,12-13H,7-11H2,1H3;1-5,10-11H,6-9H2,(H2,21,22);1-7H,(H2,17,18)(H,20,21);1-3H,4H2;2-4H,1H3;2*2-4H,1H3,(H2,8,9);5H,1-4H2;1-2H3;1H3;1H2. The number of hydrogen-bond acceptors (Lipinski definition) is 30. The fourth-order valence-electron chi connectivity index (χ4n) is 12.4. The van der Waals surface area contributed by atoms with E-state index in [4.69, 9.17) is 95.1 Å². The molecule has 39 heteroatoms. The van der Waals surface area contributed by atoms with Gasteiger partial charge in [-0.3, -0.25) is 52.9 Å². The molecule has 0 radical (unpaired) electrons. The van der Waals surface area contributed by atoms with E-state index in [0.717, 1.165) is 48.2 Å². The zero-order valence-corrected chi connectivity index (χ0v) is 76.6. The van der Waals surface area contributed by atoms with E-state index in [2.05, 4.69) is 54.9 Å². The van der Waals surface area contributed by atoms with Crippen LogP contribution in [-0.4, -0.2) is 209 Å². The van der Waals surface area contributed by atoms with Gasteiger partial charge in [-0.25, -0.2) is 44.7 Å². The average Bonchev–Trinajstić information content (AvgIpc) is 1.64. The van der Waals surface area contributed by atoms with Crippen LogP contribution in [0.5, 0.6) is 0 Å². The Morgan fingerprint density at radius 3 is 1.09 bits per heavy atom. The molecule has 692 valence electrons. The van der Waals surface area contributed by atoms with Gasteiger partial charge in [0.25, 0.3) is 11.8 Å². The highest BCUT2D eigenvalue weighted by molar-refractivity contribution is 6.48. The van der Waals surface area contributed by atoms with Crippen molar-refractivity contribution in [2.75, 3.05) is 102 Å². The fraction of sp³-hybridized carbons (Fsp3) is 0.213. The summed E-state index contributed by atoms with van der Waals surface area (Å²) in [5.41, 5.74) is 32.3. The molecule has 12 heterocycles. The Morgan fingerprint density at radius 1 is 0.429 bits per heavy atom. The van der Waals surface area contributed by atoms with Crippen LogP contribution in [0.1, 0.15) is 125 Å². The van der Waals surface area contributed by atoms with Gasteiger partial charge < -0.3 is 73.7 Å². The molecule has 0 bridgehead atoms. The van der Waals surface area contributed by atoms with Crippen LogP contribution in [0.3, 0.4) is 0 Å². The molecular weight excluding hydrogens is 1820 g/mol. The zero-order valence-electron chi connectivity index (χ0n) is 72.8. The number of pyridine rings is 9. The lowest BCUT2D eigenvalue weighted by molar-refractivity contribution is -0.156. The number of carboxylic acids is 1. The van der Waals surface area contributed by atoms with Crippen LogP contribution < -0.4 is 34.4 Å². The van der Waals surface area contributed by atoms with E-state index in [9.17, 15) is 57.8 Å². The van der Waals surface area contributed by atoms with Crippen LogP contribution in [-0.2, 0) is 51.0 Å². The summed E-state index contributed by atoms with van der Waals surface area (Å²) in [5.74, 6) is -1.29. The van der Waals surface area contributed by atoms with E-state index >= 15 is 0 Å². The Bertz CT molecular complexity index is 6140. The van der Waals surface area contributed by atoms with Gasteiger partial charge in [0.15, 0.2) is 17.3 Å². The minimum Gasteiger partial charge on any atom is -0.478 e. The molecule has 4 aromatic carbocycles. The number of aromatic carboxylic acids is 1. The Kier molecular flexibility index (Phi) is 41.6. The van der Waals surface area contributed by atoms with Gasteiger partial charge in [-0.1, -0.05) is 107 Å². The molecule has 3 fully saturated rings. The first kappa shape index (κ1) is 106. The average molecular weight is 1910 g/mol. The molecular formula is C94H94Cl5N17O17. The maximum atomic E-state index is 13.2. The van der Waals surface area contributed by atoms with Crippen molar-refractivity contribution < 1.29 is 82.3 Å². The molecule has 9 aromatic heterocycles. The highest BCUT2D eigenvalue weighted by atomic mass is 35.5. The molecule has 0 saturated carbocycles. The smallest absolute Gasteiger partial charge is 0.336 e. The van der Waals surface area contributed by atoms with E-state index in [0.29, 0.717) is 190 Å². The first-order chi connectivity index (χ1) is 62.6. The van der Waals surface area contributed by atoms with E-state index in [-0.39, 0.29) is 70.8 Å². The number of fused-ring (bicyclic) bond motifs is 4. The van der Waals surface area contributed by atoms with Crippen LogP contribution in [0.25, 0.3) is 66.5 Å². The maximum Gasteiger partial charge on any atom is 0.336 e. The quantitative estimate of drug-likeness (QED) is 0.0208. The number of carboxylic acid groups (broad SMARTS) is 1. The van der Waals surface area contributed by atoms with Crippen molar-refractivity contribution >= 4 is 178 Å². The SMILES string of the molecule is C1COCCN1.CC(=O)Cc1ccc(-c2cc(C(=O)N3CCOCC3)c3cccc(Cl)c3n2)cn1.CC(=O)OC(C)=O.CC(=O)c1ccc(Cl)nc1.CC(=O)c1ccc(N)nc1.CC(=O)c1ccc(N)nc1.N.Nc1ccc(-c2cc(C(=O)N3CCOCC3)c3cccc(Cl)c3n2)cn1.Nc1ccc(-c2cc(C(=O)O)c3cccc(Cl)c3n2)cn1.O.O=C1Cc2c(Cl)cccc2C1=O. The highest BCUT2D eigenvalue weighted by Gasteiger charge is 2.30. The number of nitrogens with two attached hydrogens (primary N) is 4. The molecule has 3 saturated heterocycles. The summed E-state index contributed by atoms with van der Waals surface area (Å²) in [6.45, 7) is 16.6. The number of Topliss-reactive ketones (excluding diaryl/α,β-unsaturated/α-hetero) is 6. The van der Waals surface area contributed by atoms with E-state index < -0.39 is 23.7 Å². The Labute approximate surface area is 788 Å². The van der Waals surface area contributed by atoms with Gasteiger partial charge in [0.1, 0.15) is 34.2 Å². The van der Waals surface area contributed by atoms with E-state index in [1.54, 1.807) is 150 Å². The number of benzene rings is 4. The van der Waals surface area contributed by atoms with Crippen LogP contribution in [0.15, 0.2) is 201 Å². The van der Waals surface area contributed by atoms with E-state index in [1.807, 2.05) is 36.4 Å². The first-order valence-corrected chi connectivity index (χ1v) is 42.1. The topological polar surface area (TPSA) is 550 Å². The number of nitrogens with zero attached hydrogens (tertiary/aromatic N) is 11. The number of rotatable bonds is 11. The van der Waals surface area contributed by atoms with Crippen LogP contribution in [0.2, 0.25) is 25.2 Å². The second-order valence-electron chi connectivity index (χ2n) is 28.7. The van der Waals surface area contributed by atoms with Crippen molar-refractivity contribution in [3.63, 3.8) is 0 Å². The number of ketones is 6. The zero-order chi connectivity index (χ0) is 95.0. The van der Waals surface area contributed by atoms with Crippen molar-refractivity contribution in [1.29, 1.82) is 0 Å². The minimum absolute atomic E-state index is 0. The molecule has 17 rings (SSSR count). The van der Waals surface area contributed by atoms with Gasteiger partial charge in [-0.15, -0.1) is 0 Å². The summed E-state index contributed by atoms with van der Waals surface area (Å²) in [6, 6.07) is 46.4. The van der Waals surface area contributed by atoms with Gasteiger partial charge in [-0.05, 0) is 149 Å². The summed E-state index contributed by atoms with van der Waals surface area (Å²) in [5, 5.41) is 16.8. The van der Waals surface area contributed by atoms with Gasteiger partial charge in [0.05, 0.1) is 105 Å². The molecule has 0 unspecified atom stereocenters. The molecule has 0 atom stereocenters. The number of para-hydroxylation sites is 3. The first-order valence-electron chi connectivity index (χ1n) is 40.2. The lowest BCUT2D eigenvalue weighted by Gasteiger charge is -2.27. The molecule has 4 aliphatic rings. The molecule has 3 aliphatic heterocycles. The third-order valence-electron chi connectivity index (χ3n) is 19.0. The molecule has 34 nitrogen and oxygen atoms in total. The van der Waals surface area contributed by atoms with Crippen LogP contribution in [0, 0.1) is 0 Å². The summed E-state index contributed by atoms with van der Waals surface area (Å²) in [4.78, 5) is 164. The summed E-state index contributed by atoms with van der Waals surface area (Å²) in [7, 11) is 0. The number of anilines is 4. The number of hydrogen-bond donors (Lipinski definition) is 7. The number of amides is 2. The Balaban J connectivity index is 0.000000214. The van der Waals surface area contributed by atoms with Crippen LogP contribution in [0.4, 0.5) is 23.3 Å². The number of carbonyl (C=O) groups excluding carboxylic acids is 10. The molecule has 13 aromatic rings. The summed E-state index contributed by atoms with van der Waals surface area (Å²) >= 11 is 30.2. The number of morpholine rings is 3. The van der Waals surface area contributed by atoms with Crippen LogP contribution >= 0.6 is 58.0 Å². The lowest BCUT2D eigenvalue weighted by atomic mass is 10.0. The Morgan fingerprint density at radius 2 is 0.782 bits per heavy atom. The minimum atomic E-state index is -1.03. The van der Waals surface area contributed by atoms with Gasteiger partial charge in [0.2, 0.25) is 11.6 Å². The summed E-state index contributed by atoms with van der Waals surface area (Å²) in [6.07, 6.45) is 9.72. The predicted molar refractivity (Wildman–Crippen MR) is 509 cm³/mol. The fourth-order valence-corrected chi connectivity index (χ4v) is 13.4. The van der Waals surface area contributed by atoms with Crippen molar-refractivity contribution in [3.05, 3.63) is 276 Å².